The van der Waals surface area contributed by atoms with Crippen molar-refractivity contribution in [2.75, 3.05) is 5.73 Å². The second-order valence-electron chi connectivity index (χ2n) is 2.61. The average molecular weight is 255 g/mol. The molecular formula is C6H9BrF2N4. The number of halogens is 3. The Morgan fingerprint density at radius 1 is 1.62 bits per heavy atom. The van der Waals surface area contributed by atoms with E-state index in [0.29, 0.717) is 0 Å². The third-order valence-corrected chi connectivity index (χ3v) is 2.13. The molecule has 0 spiro atoms. The van der Waals surface area contributed by atoms with Gasteiger partial charge in [0.05, 0.1) is 0 Å². The van der Waals surface area contributed by atoms with Gasteiger partial charge in [0.2, 0.25) is 5.95 Å². The van der Waals surface area contributed by atoms with E-state index in [4.69, 9.17) is 5.73 Å². The molecule has 0 aliphatic heterocycles. The van der Waals surface area contributed by atoms with Crippen molar-refractivity contribution in [3.05, 3.63) is 4.73 Å². The van der Waals surface area contributed by atoms with Crippen molar-refractivity contribution in [1.29, 1.82) is 0 Å². The normalized spacial score (nSPS) is 12.0. The van der Waals surface area contributed by atoms with E-state index in [1.807, 2.05) is 0 Å². The Morgan fingerprint density at radius 3 is 2.62 bits per heavy atom. The number of nitrogens with zero attached hydrogens (tertiary/aromatic N) is 3. The minimum absolute atomic E-state index is 0.0150. The van der Waals surface area contributed by atoms with Crippen LogP contribution in [0, 0.1) is 0 Å². The molecule has 4 nitrogen and oxygen atoms in total. The second-order valence-corrected chi connectivity index (χ2v) is 3.32. The van der Waals surface area contributed by atoms with Gasteiger partial charge in [-0.1, -0.05) is 6.92 Å². The number of hydrogen-bond donors (Lipinski definition) is 1. The molecule has 13 heavy (non-hydrogen) atoms. The monoisotopic (exact) mass is 254 g/mol. The van der Waals surface area contributed by atoms with Gasteiger partial charge in [-0.3, -0.25) is 0 Å². The number of rotatable bonds is 3. The van der Waals surface area contributed by atoms with E-state index in [1.54, 1.807) is 0 Å². The summed E-state index contributed by atoms with van der Waals surface area (Å²) in [6.07, 6.45) is -0.237. The van der Waals surface area contributed by atoms with E-state index >= 15 is 0 Å². The van der Waals surface area contributed by atoms with E-state index in [-0.39, 0.29) is 17.1 Å². The quantitative estimate of drug-likeness (QED) is 0.893. The van der Waals surface area contributed by atoms with E-state index < -0.39 is 12.5 Å². The van der Waals surface area contributed by atoms with Crippen molar-refractivity contribution in [3.63, 3.8) is 0 Å². The first kappa shape index (κ1) is 10.4. The van der Waals surface area contributed by atoms with Crippen LogP contribution in [0.25, 0.3) is 0 Å². The van der Waals surface area contributed by atoms with Crippen LogP contribution in [0.4, 0.5) is 14.7 Å². The number of nitrogens with two attached hydrogens (primary N) is 1. The van der Waals surface area contributed by atoms with Gasteiger partial charge in [0.1, 0.15) is 6.54 Å². The molecular weight excluding hydrogens is 246 g/mol. The van der Waals surface area contributed by atoms with Crippen LogP contribution in [0.15, 0.2) is 4.73 Å². The van der Waals surface area contributed by atoms with Crippen molar-refractivity contribution >= 4 is 21.9 Å². The summed E-state index contributed by atoms with van der Waals surface area (Å²) in [5.41, 5.74) is 5.22. The van der Waals surface area contributed by atoms with Gasteiger partial charge in [0.15, 0.2) is 4.73 Å². The predicted molar refractivity (Wildman–Crippen MR) is 47.4 cm³/mol. The highest BCUT2D eigenvalue weighted by Crippen LogP contribution is 2.21. The molecule has 0 saturated carbocycles. The van der Waals surface area contributed by atoms with Crippen molar-refractivity contribution < 1.29 is 8.78 Å². The molecule has 0 aliphatic carbocycles. The fraction of sp³-hybridized carbons (Fsp3) is 0.667. The van der Waals surface area contributed by atoms with E-state index in [2.05, 4.69) is 26.0 Å². The predicted octanol–water partition coefficient (Wildman–Crippen LogP) is 1.67. The lowest BCUT2D eigenvalue weighted by molar-refractivity contribution is -0.0235. The Hall–Kier alpha value is -0.720. The highest BCUT2D eigenvalue weighted by Gasteiger charge is 2.28. The lowest BCUT2D eigenvalue weighted by Crippen LogP contribution is -2.23. The van der Waals surface area contributed by atoms with Crippen molar-refractivity contribution in [2.24, 2.45) is 0 Å². The molecule has 74 valence electrons. The zero-order chi connectivity index (χ0) is 10.1. The molecule has 0 saturated heterocycles. The highest BCUT2D eigenvalue weighted by molar-refractivity contribution is 9.10. The molecule has 0 amide bonds. The Balaban J connectivity index is 2.79. The van der Waals surface area contributed by atoms with Gasteiger partial charge in [-0.05, 0) is 15.9 Å². The fourth-order valence-electron chi connectivity index (χ4n) is 0.771. The molecule has 1 aromatic heterocycles. The second kappa shape index (κ2) is 3.57. The topological polar surface area (TPSA) is 56.7 Å². The van der Waals surface area contributed by atoms with E-state index in [1.165, 1.54) is 6.92 Å². The third kappa shape index (κ3) is 2.61. The summed E-state index contributed by atoms with van der Waals surface area (Å²) in [6.45, 7) is 0.905. The van der Waals surface area contributed by atoms with Crippen LogP contribution >= 0.6 is 15.9 Å². The van der Waals surface area contributed by atoms with Crippen LogP contribution in [0.2, 0.25) is 0 Å². The van der Waals surface area contributed by atoms with Crippen LogP contribution in [0.5, 0.6) is 0 Å². The molecule has 1 aromatic rings. The Kier molecular flexibility index (Phi) is 2.84. The van der Waals surface area contributed by atoms with E-state index in [0.717, 1.165) is 4.68 Å². The zero-order valence-corrected chi connectivity index (χ0v) is 8.55. The smallest absolute Gasteiger partial charge is 0.267 e. The van der Waals surface area contributed by atoms with Crippen LogP contribution in [0.3, 0.4) is 0 Å². The van der Waals surface area contributed by atoms with Gasteiger partial charge < -0.3 is 5.73 Å². The lowest BCUT2D eigenvalue weighted by atomic mass is 10.3. The number of nitrogen functional groups attached to an aromatic ring is 1. The van der Waals surface area contributed by atoms with Crippen LogP contribution in [0.1, 0.15) is 13.3 Å². The van der Waals surface area contributed by atoms with Crippen molar-refractivity contribution in [1.82, 2.24) is 14.8 Å². The number of aromatic nitrogens is 3. The Morgan fingerprint density at radius 2 is 2.23 bits per heavy atom. The number of alkyl halides is 2. The molecule has 0 radical (unpaired) electrons. The van der Waals surface area contributed by atoms with Crippen LogP contribution in [-0.2, 0) is 6.54 Å². The molecule has 1 rings (SSSR count). The third-order valence-electron chi connectivity index (χ3n) is 1.54. The zero-order valence-electron chi connectivity index (χ0n) is 6.97. The Bertz CT molecular complexity index is 299. The largest absolute Gasteiger partial charge is 0.366 e. The first-order valence-corrected chi connectivity index (χ1v) is 4.47. The molecule has 2 N–H and O–H groups in total. The maximum absolute atomic E-state index is 12.9. The van der Waals surface area contributed by atoms with Crippen LogP contribution < -0.4 is 5.73 Å². The average Bonchev–Trinajstić information content (AvgIpc) is 2.30. The lowest BCUT2D eigenvalue weighted by Gasteiger charge is -2.13. The van der Waals surface area contributed by atoms with Gasteiger partial charge in [0, 0.05) is 6.42 Å². The first-order chi connectivity index (χ1) is 5.94. The number of anilines is 1. The summed E-state index contributed by atoms with van der Waals surface area (Å²) in [4.78, 5) is 3.64. The van der Waals surface area contributed by atoms with Gasteiger partial charge in [0.25, 0.3) is 5.92 Å². The summed E-state index contributed by atoms with van der Waals surface area (Å²) in [5.74, 6) is -2.79. The Labute approximate surface area is 82.3 Å². The molecule has 7 heteroatoms. The minimum Gasteiger partial charge on any atom is -0.366 e. The molecule has 0 aromatic carbocycles. The van der Waals surface area contributed by atoms with Crippen LogP contribution in [-0.4, -0.2) is 20.7 Å². The van der Waals surface area contributed by atoms with Gasteiger partial charge in [-0.25, -0.2) is 13.5 Å². The molecule has 0 fully saturated rings. The SMILES string of the molecule is CCC(F)(F)Cn1nc(N)nc1Br. The fourth-order valence-corrected chi connectivity index (χ4v) is 1.16. The summed E-state index contributed by atoms with van der Waals surface area (Å²) >= 11 is 2.97. The molecule has 0 aliphatic rings. The minimum atomic E-state index is -2.78. The van der Waals surface area contributed by atoms with Gasteiger partial charge in [-0.15, -0.1) is 5.10 Å². The van der Waals surface area contributed by atoms with Crippen molar-refractivity contribution in [2.45, 2.75) is 25.8 Å². The maximum atomic E-state index is 12.9. The summed E-state index contributed by atoms with van der Waals surface area (Å²) in [7, 11) is 0. The molecule has 0 unspecified atom stereocenters. The summed E-state index contributed by atoms with van der Waals surface area (Å²) < 4.78 is 27.0. The first-order valence-electron chi connectivity index (χ1n) is 3.68. The van der Waals surface area contributed by atoms with E-state index in [9.17, 15) is 8.78 Å². The summed E-state index contributed by atoms with van der Waals surface area (Å²) in [6, 6.07) is 0. The summed E-state index contributed by atoms with van der Waals surface area (Å²) in [5, 5.41) is 3.60. The van der Waals surface area contributed by atoms with Gasteiger partial charge >= 0.3 is 0 Å². The highest BCUT2D eigenvalue weighted by atomic mass is 79.9. The molecule has 0 bridgehead atoms. The molecule has 1 heterocycles. The molecule has 0 atom stereocenters. The van der Waals surface area contributed by atoms with Gasteiger partial charge in [-0.2, -0.15) is 4.98 Å². The maximum Gasteiger partial charge on any atom is 0.267 e. The number of hydrogen-bond acceptors (Lipinski definition) is 3. The van der Waals surface area contributed by atoms with Crippen molar-refractivity contribution in [3.8, 4) is 0 Å². The standard InChI is InChI=1S/C6H9BrF2N4/c1-2-6(8,9)3-13-4(7)11-5(10)12-13/h2-3H2,1H3,(H2,10,12).